The van der Waals surface area contributed by atoms with Crippen LogP contribution >= 0.6 is 0 Å². The number of hydrogen-bond donors (Lipinski definition) is 1. The molecule has 4 nitrogen and oxygen atoms in total. The van der Waals surface area contributed by atoms with Gasteiger partial charge in [0.25, 0.3) is 0 Å². The predicted octanol–water partition coefficient (Wildman–Crippen LogP) is 0.398. The molecule has 10 heavy (non-hydrogen) atoms. The minimum Gasteiger partial charge on any atom is -0.396 e. The predicted molar refractivity (Wildman–Crippen MR) is 37.7 cm³/mol. The lowest BCUT2D eigenvalue weighted by Crippen LogP contribution is -2.30. The highest BCUT2D eigenvalue weighted by atomic mass is 16.5. The number of aliphatic hydroxyl groups excluding tert-OH is 1. The first kappa shape index (κ1) is 9.52. The summed E-state index contributed by atoms with van der Waals surface area (Å²) in [6, 6.07) is 0. The largest absolute Gasteiger partial charge is 0.396 e. The zero-order chi connectivity index (χ0) is 8.04. The zero-order valence-electron chi connectivity index (χ0n) is 6.33. The molecule has 1 N–H and O–H groups in total. The van der Waals surface area contributed by atoms with Gasteiger partial charge in [-0.3, -0.25) is 0 Å². The van der Waals surface area contributed by atoms with Gasteiger partial charge >= 0.3 is 0 Å². The molecule has 0 aliphatic carbocycles. The Hall–Kier alpha value is -0.480. The number of nitroso groups, excluding NO2 is 1. The summed E-state index contributed by atoms with van der Waals surface area (Å²) in [6.07, 6.45) is 0. The van der Waals surface area contributed by atoms with Crippen molar-refractivity contribution in [1.29, 1.82) is 0 Å². The molecule has 0 rings (SSSR count). The van der Waals surface area contributed by atoms with Crippen LogP contribution in [-0.4, -0.2) is 32.0 Å². The molecular formula is C6H13NO3. The summed E-state index contributed by atoms with van der Waals surface area (Å²) in [5, 5.41) is 11.5. The molecule has 0 amide bonds. The first-order valence-corrected chi connectivity index (χ1v) is 3.07. The Morgan fingerprint density at radius 1 is 1.70 bits per heavy atom. The second-order valence-electron chi connectivity index (χ2n) is 2.69. The van der Waals surface area contributed by atoms with Gasteiger partial charge < -0.3 is 9.84 Å². The van der Waals surface area contributed by atoms with Gasteiger partial charge in [0.05, 0.1) is 19.8 Å². The van der Waals surface area contributed by atoms with Crippen molar-refractivity contribution in [1.82, 2.24) is 0 Å². The molecular weight excluding hydrogens is 134 g/mol. The number of aliphatic hydroxyl groups is 1. The van der Waals surface area contributed by atoms with E-state index in [0.29, 0.717) is 6.61 Å². The van der Waals surface area contributed by atoms with E-state index in [0.717, 1.165) is 0 Å². The van der Waals surface area contributed by atoms with Gasteiger partial charge in [-0.25, -0.2) is 0 Å². The van der Waals surface area contributed by atoms with E-state index >= 15 is 0 Å². The van der Waals surface area contributed by atoms with E-state index in [1.54, 1.807) is 6.92 Å². The standard InChI is InChI=1S/C6H13NO3/c1-6(4-8,3-7-9)5-10-2/h8H,3-5H2,1-2H3. The topological polar surface area (TPSA) is 58.9 Å². The minimum absolute atomic E-state index is 0.0768. The van der Waals surface area contributed by atoms with Crippen molar-refractivity contribution in [3.63, 3.8) is 0 Å². The summed E-state index contributed by atoms with van der Waals surface area (Å²) in [5.41, 5.74) is -0.503. The van der Waals surface area contributed by atoms with Gasteiger partial charge in [-0.05, 0) is 0 Å². The average Bonchev–Trinajstić information content (AvgIpc) is 1.89. The highest BCUT2D eigenvalue weighted by molar-refractivity contribution is 4.74. The Labute approximate surface area is 60.2 Å². The molecule has 1 atom stereocenters. The number of hydrogen-bond acceptors (Lipinski definition) is 4. The molecule has 60 valence electrons. The van der Waals surface area contributed by atoms with Gasteiger partial charge in [-0.2, -0.15) is 4.91 Å². The number of nitrogens with zero attached hydrogens (tertiary/aromatic N) is 1. The van der Waals surface area contributed by atoms with Crippen LogP contribution in [0.3, 0.4) is 0 Å². The Morgan fingerprint density at radius 3 is 2.60 bits per heavy atom. The quantitative estimate of drug-likeness (QED) is 0.572. The Morgan fingerprint density at radius 2 is 2.30 bits per heavy atom. The molecule has 0 spiro atoms. The van der Waals surface area contributed by atoms with Gasteiger partial charge in [0, 0.05) is 12.5 Å². The van der Waals surface area contributed by atoms with Crippen LogP contribution in [0.1, 0.15) is 6.92 Å². The molecule has 0 fully saturated rings. The van der Waals surface area contributed by atoms with Crippen LogP contribution in [0.5, 0.6) is 0 Å². The fraction of sp³-hybridized carbons (Fsp3) is 1.00. The summed E-state index contributed by atoms with van der Waals surface area (Å²) >= 11 is 0. The third kappa shape index (κ3) is 2.89. The normalized spacial score (nSPS) is 16.3. The Balaban J connectivity index is 3.80. The van der Waals surface area contributed by atoms with Crippen molar-refractivity contribution < 1.29 is 9.84 Å². The van der Waals surface area contributed by atoms with E-state index in [1.165, 1.54) is 7.11 Å². The zero-order valence-corrected chi connectivity index (χ0v) is 6.33. The van der Waals surface area contributed by atoms with Crippen LogP contribution < -0.4 is 0 Å². The number of rotatable bonds is 5. The lowest BCUT2D eigenvalue weighted by molar-refractivity contribution is 0.0488. The van der Waals surface area contributed by atoms with Crippen LogP contribution in [0.4, 0.5) is 0 Å². The van der Waals surface area contributed by atoms with Crippen molar-refractivity contribution in [3.8, 4) is 0 Å². The minimum atomic E-state index is -0.503. The highest BCUT2D eigenvalue weighted by Gasteiger charge is 2.23. The van der Waals surface area contributed by atoms with Crippen LogP contribution in [0.15, 0.2) is 5.18 Å². The molecule has 1 unspecified atom stereocenters. The van der Waals surface area contributed by atoms with Crippen LogP contribution in [0, 0.1) is 10.3 Å². The molecule has 0 saturated carbocycles. The van der Waals surface area contributed by atoms with Gasteiger partial charge in [-0.1, -0.05) is 12.1 Å². The van der Waals surface area contributed by atoms with Crippen molar-refractivity contribution >= 4 is 0 Å². The Kier molecular flexibility index (Phi) is 4.14. The van der Waals surface area contributed by atoms with Gasteiger partial charge in [0.15, 0.2) is 0 Å². The lowest BCUT2D eigenvalue weighted by Gasteiger charge is -2.21. The molecule has 0 radical (unpaired) electrons. The van der Waals surface area contributed by atoms with E-state index < -0.39 is 5.41 Å². The Bertz CT molecular complexity index is 107. The third-order valence-electron chi connectivity index (χ3n) is 1.32. The summed E-state index contributed by atoms with van der Waals surface area (Å²) in [7, 11) is 1.53. The molecule has 0 aromatic heterocycles. The second-order valence-corrected chi connectivity index (χ2v) is 2.69. The third-order valence-corrected chi connectivity index (χ3v) is 1.32. The maximum atomic E-state index is 9.84. The molecule has 0 aromatic carbocycles. The fourth-order valence-electron chi connectivity index (χ4n) is 0.646. The van der Waals surface area contributed by atoms with Gasteiger partial charge in [0.1, 0.15) is 0 Å². The van der Waals surface area contributed by atoms with Crippen molar-refractivity contribution in [3.05, 3.63) is 4.91 Å². The molecule has 0 heterocycles. The van der Waals surface area contributed by atoms with Crippen molar-refractivity contribution in [2.45, 2.75) is 6.92 Å². The molecule has 0 aliphatic rings. The highest BCUT2D eigenvalue weighted by Crippen LogP contribution is 2.15. The average molecular weight is 147 g/mol. The summed E-state index contributed by atoms with van der Waals surface area (Å²) in [5.74, 6) is 0. The van der Waals surface area contributed by atoms with Gasteiger partial charge in [0.2, 0.25) is 0 Å². The van der Waals surface area contributed by atoms with Crippen molar-refractivity contribution in [2.75, 3.05) is 26.9 Å². The second kappa shape index (κ2) is 4.35. The monoisotopic (exact) mass is 147 g/mol. The number of methoxy groups -OCH3 is 1. The van der Waals surface area contributed by atoms with E-state index in [-0.39, 0.29) is 13.2 Å². The molecule has 0 aliphatic heterocycles. The molecule has 4 heteroatoms. The summed E-state index contributed by atoms with van der Waals surface area (Å²) in [6.45, 7) is 2.12. The van der Waals surface area contributed by atoms with Crippen LogP contribution in [-0.2, 0) is 4.74 Å². The lowest BCUT2D eigenvalue weighted by atomic mass is 9.93. The molecule has 0 saturated heterocycles. The maximum absolute atomic E-state index is 9.84. The number of ether oxygens (including phenoxy) is 1. The van der Waals surface area contributed by atoms with E-state index in [9.17, 15) is 4.91 Å². The first-order chi connectivity index (χ1) is 4.68. The SMILES string of the molecule is COCC(C)(CO)CN=O. The smallest absolute Gasteiger partial charge is 0.0908 e. The van der Waals surface area contributed by atoms with E-state index in [4.69, 9.17) is 9.84 Å². The van der Waals surface area contributed by atoms with Crippen LogP contribution in [0.2, 0.25) is 0 Å². The molecule has 0 bridgehead atoms. The first-order valence-electron chi connectivity index (χ1n) is 3.07. The van der Waals surface area contributed by atoms with Crippen LogP contribution in [0.25, 0.3) is 0 Å². The van der Waals surface area contributed by atoms with E-state index in [1.807, 2.05) is 0 Å². The summed E-state index contributed by atoms with van der Waals surface area (Å²) < 4.78 is 4.79. The fourth-order valence-corrected chi connectivity index (χ4v) is 0.646. The molecule has 0 aromatic rings. The van der Waals surface area contributed by atoms with Gasteiger partial charge in [-0.15, -0.1) is 0 Å². The summed E-state index contributed by atoms with van der Waals surface area (Å²) in [4.78, 5) is 9.84. The maximum Gasteiger partial charge on any atom is 0.0908 e. The van der Waals surface area contributed by atoms with Crippen molar-refractivity contribution in [2.24, 2.45) is 10.6 Å². The van der Waals surface area contributed by atoms with E-state index in [2.05, 4.69) is 5.18 Å².